The van der Waals surface area contributed by atoms with Gasteiger partial charge in [-0.3, -0.25) is 18.7 Å². The van der Waals surface area contributed by atoms with Gasteiger partial charge in [-0.2, -0.15) is 0 Å². The van der Waals surface area contributed by atoms with Crippen molar-refractivity contribution in [3.63, 3.8) is 0 Å². The molecule has 8 heteroatoms. The first-order valence-electron chi connectivity index (χ1n) is 9.54. The third kappa shape index (κ3) is 4.16. The summed E-state index contributed by atoms with van der Waals surface area (Å²) < 4.78 is 2.29. The van der Waals surface area contributed by atoms with Gasteiger partial charge in [0.2, 0.25) is 0 Å². The average molecular weight is 427 g/mol. The molecular formula is C22H23ClN4O3. The summed E-state index contributed by atoms with van der Waals surface area (Å²) in [6.45, 7) is 3.63. The van der Waals surface area contributed by atoms with E-state index in [2.05, 4.69) is 5.32 Å². The highest BCUT2D eigenvalue weighted by molar-refractivity contribution is 6.31. The van der Waals surface area contributed by atoms with E-state index >= 15 is 0 Å². The number of carbonyl (C=O) groups excluding carboxylic acids is 1. The van der Waals surface area contributed by atoms with Gasteiger partial charge in [-0.1, -0.05) is 48.0 Å². The maximum atomic E-state index is 12.9. The Morgan fingerprint density at radius 1 is 1.07 bits per heavy atom. The number of aromatic nitrogens is 2. The number of nitrogens with zero attached hydrogens (tertiary/aromatic N) is 2. The molecular weight excluding hydrogens is 404 g/mol. The largest absolute Gasteiger partial charge is 0.384 e. The van der Waals surface area contributed by atoms with Crippen LogP contribution < -0.4 is 22.3 Å². The molecule has 0 spiro atoms. The van der Waals surface area contributed by atoms with E-state index in [0.29, 0.717) is 10.7 Å². The fourth-order valence-corrected chi connectivity index (χ4v) is 3.41. The third-order valence-corrected chi connectivity index (χ3v) is 5.36. The molecule has 0 saturated carbocycles. The van der Waals surface area contributed by atoms with Crippen LogP contribution in [0, 0.1) is 6.92 Å². The van der Waals surface area contributed by atoms with E-state index < -0.39 is 17.0 Å². The number of carbonyl (C=O) groups is 1. The molecule has 0 atom stereocenters. The van der Waals surface area contributed by atoms with Crippen molar-refractivity contribution in [3.8, 4) is 0 Å². The fraction of sp³-hybridized carbons (Fsp3) is 0.227. The molecule has 3 rings (SSSR count). The topological polar surface area (TPSA) is 99.1 Å². The van der Waals surface area contributed by atoms with Gasteiger partial charge in [0.15, 0.2) is 5.78 Å². The van der Waals surface area contributed by atoms with E-state index in [1.807, 2.05) is 37.3 Å². The van der Waals surface area contributed by atoms with Crippen LogP contribution in [0.15, 0.2) is 58.1 Å². The minimum atomic E-state index is -0.682. The number of rotatable bonds is 7. The third-order valence-electron chi connectivity index (χ3n) is 4.95. The Kier molecular flexibility index (Phi) is 6.42. The highest BCUT2D eigenvalue weighted by atomic mass is 35.5. The lowest BCUT2D eigenvalue weighted by Gasteiger charge is -2.16. The molecule has 1 heterocycles. The summed E-state index contributed by atoms with van der Waals surface area (Å²) in [5, 5.41) is 3.57. The summed E-state index contributed by atoms with van der Waals surface area (Å²) in [4.78, 5) is 38.5. The standard InChI is InChI=1S/C22H23ClN4O3/c1-3-26-21(29)19(18(28)12-25-17-11-7-10-16(23)14(17)2)20(24)27(22(26)30)13-15-8-5-4-6-9-15/h4-11,25H,3,12-13,24H2,1-2H3. The van der Waals surface area contributed by atoms with Gasteiger partial charge in [0.25, 0.3) is 5.56 Å². The maximum Gasteiger partial charge on any atom is 0.332 e. The van der Waals surface area contributed by atoms with Crippen molar-refractivity contribution < 1.29 is 4.79 Å². The first kappa shape index (κ1) is 21.4. The maximum absolute atomic E-state index is 12.9. The average Bonchev–Trinajstić information content (AvgIpc) is 2.73. The van der Waals surface area contributed by atoms with E-state index in [9.17, 15) is 14.4 Å². The zero-order valence-electron chi connectivity index (χ0n) is 16.8. The number of halogens is 1. The van der Waals surface area contributed by atoms with Crippen molar-refractivity contribution >= 4 is 28.9 Å². The van der Waals surface area contributed by atoms with Gasteiger partial charge >= 0.3 is 5.69 Å². The predicted molar refractivity (Wildman–Crippen MR) is 120 cm³/mol. The van der Waals surface area contributed by atoms with Crippen LogP contribution in [0.3, 0.4) is 0 Å². The lowest BCUT2D eigenvalue weighted by atomic mass is 10.1. The predicted octanol–water partition coefficient (Wildman–Crippen LogP) is 2.92. The number of anilines is 2. The summed E-state index contributed by atoms with van der Waals surface area (Å²) in [6.07, 6.45) is 0. The summed E-state index contributed by atoms with van der Waals surface area (Å²) in [5.74, 6) is -0.631. The Hall–Kier alpha value is -3.32. The quantitative estimate of drug-likeness (QED) is 0.566. The number of nitrogen functional groups attached to an aromatic ring is 1. The highest BCUT2D eigenvalue weighted by Gasteiger charge is 2.22. The minimum absolute atomic E-state index is 0.131. The Balaban J connectivity index is 2.00. The van der Waals surface area contributed by atoms with E-state index in [4.69, 9.17) is 17.3 Å². The van der Waals surface area contributed by atoms with Gasteiger partial charge in [0, 0.05) is 17.3 Å². The van der Waals surface area contributed by atoms with Crippen molar-refractivity contribution in [1.82, 2.24) is 9.13 Å². The van der Waals surface area contributed by atoms with Crippen molar-refractivity contribution in [2.24, 2.45) is 0 Å². The normalized spacial score (nSPS) is 10.8. The number of nitrogens with two attached hydrogens (primary N) is 1. The Labute approximate surface area is 178 Å². The van der Waals surface area contributed by atoms with Crippen molar-refractivity contribution in [3.05, 3.63) is 91.1 Å². The smallest absolute Gasteiger partial charge is 0.332 e. The number of hydrogen-bond acceptors (Lipinski definition) is 5. The Bertz CT molecular complexity index is 1200. The second-order valence-electron chi connectivity index (χ2n) is 6.85. The summed E-state index contributed by atoms with van der Waals surface area (Å²) in [5.41, 5.74) is 7.05. The molecule has 0 amide bonds. The van der Waals surface area contributed by atoms with E-state index in [-0.39, 0.29) is 31.0 Å². The van der Waals surface area contributed by atoms with Crippen molar-refractivity contribution in [1.29, 1.82) is 0 Å². The lowest BCUT2D eigenvalue weighted by molar-refractivity contribution is 0.100. The number of benzene rings is 2. The van der Waals surface area contributed by atoms with Crippen LogP contribution in [0.1, 0.15) is 28.4 Å². The van der Waals surface area contributed by atoms with Crippen LogP contribution >= 0.6 is 11.6 Å². The zero-order chi connectivity index (χ0) is 21.8. The molecule has 3 aromatic rings. The molecule has 2 aromatic carbocycles. The van der Waals surface area contributed by atoms with Crippen LogP contribution in [0.4, 0.5) is 11.5 Å². The molecule has 0 aliphatic rings. The molecule has 0 bridgehead atoms. The van der Waals surface area contributed by atoms with Gasteiger partial charge in [-0.15, -0.1) is 0 Å². The van der Waals surface area contributed by atoms with E-state index in [1.165, 1.54) is 4.57 Å². The van der Waals surface area contributed by atoms with Crippen LogP contribution in [0.5, 0.6) is 0 Å². The SMILES string of the molecule is CCn1c(=O)c(C(=O)CNc2cccc(Cl)c2C)c(N)n(Cc2ccccc2)c1=O. The lowest BCUT2D eigenvalue weighted by Crippen LogP contribution is -2.44. The molecule has 0 saturated heterocycles. The molecule has 7 nitrogen and oxygen atoms in total. The van der Waals surface area contributed by atoms with Crippen LogP contribution in [0.2, 0.25) is 5.02 Å². The second-order valence-corrected chi connectivity index (χ2v) is 7.26. The minimum Gasteiger partial charge on any atom is -0.384 e. The summed E-state index contributed by atoms with van der Waals surface area (Å²) in [7, 11) is 0. The van der Waals surface area contributed by atoms with Gasteiger partial charge in [0.05, 0.1) is 13.1 Å². The van der Waals surface area contributed by atoms with Crippen molar-refractivity contribution in [2.45, 2.75) is 26.9 Å². The fourth-order valence-electron chi connectivity index (χ4n) is 3.24. The molecule has 0 unspecified atom stereocenters. The Morgan fingerprint density at radius 3 is 2.43 bits per heavy atom. The zero-order valence-corrected chi connectivity index (χ0v) is 17.6. The van der Waals surface area contributed by atoms with Crippen LogP contribution in [0.25, 0.3) is 0 Å². The number of ketones is 1. The highest BCUT2D eigenvalue weighted by Crippen LogP contribution is 2.23. The molecule has 0 fully saturated rings. The second kappa shape index (κ2) is 9.00. The molecule has 1 aromatic heterocycles. The molecule has 30 heavy (non-hydrogen) atoms. The number of Topliss-reactive ketones (excluding diaryl/α,β-unsaturated/α-hetero) is 1. The van der Waals surface area contributed by atoms with Gasteiger partial charge < -0.3 is 11.1 Å². The van der Waals surface area contributed by atoms with Gasteiger partial charge in [-0.25, -0.2) is 4.79 Å². The molecule has 0 radical (unpaired) electrons. The molecule has 3 N–H and O–H groups in total. The summed E-state index contributed by atoms with van der Waals surface area (Å²) in [6, 6.07) is 14.5. The molecule has 0 aliphatic carbocycles. The first-order chi connectivity index (χ1) is 14.3. The first-order valence-corrected chi connectivity index (χ1v) is 9.92. The Morgan fingerprint density at radius 2 is 1.77 bits per heavy atom. The molecule has 156 valence electrons. The van der Waals surface area contributed by atoms with Crippen molar-refractivity contribution in [2.75, 3.05) is 17.6 Å². The van der Waals surface area contributed by atoms with Crippen LogP contribution in [-0.2, 0) is 13.1 Å². The van der Waals surface area contributed by atoms with Gasteiger partial charge in [0.1, 0.15) is 11.4 Å². The van der Waals surface area contributed by atoms with Gasteiger partial charge in [-0.05, 0) is 37.1 Å². The number of nitrogens with one attached hydrogen (secondary N) is 1. The monoisotopic (exact) mass is 426 g/mol. The van der Waals surface area contributed by atoms with E-state index in [0.717, 1.165) is 15.7 Å². The number of hydrogen-bond donors (Lipinski definition) is 2. The summed E-state index contributed by atoms with van der Waals surface area (Å²) >= 11 is 6.12. The van der Waals surface area contributed by atoms with E-state index in [1.54, 1.807) is 25.1 Å². The molecule has 0 aliphatic heterocycles. The van der Waals surface area contributed by atoms with Crippen LogP contribution in [-0.4, -0.2) is 21.5 Å².